The molecule has 0 atom stereocenters. The standard InChI is InChI=1S/2C3H4NOP/c2*1-2-5-4-6-3-1/h2*1-4H. The smallest absolute Gasteiger partial charge is 0.112 e. The van der Waals surface area contributed by atoms with Gasteiger partial charge in [-0.1, -0.05) is 0 Å². The van der Waals surface area contributed by atoms with Gasteiger partial charge in [0.25, 0.3) is 0 Å². The summed E-state index contributed by atoms with van der Waals surface area (Å²) in [6.45, 7) is 0. The molecule has 0 aliphatic carbocycles. The third kappa shape index (κ3) is 5.05. The predicted octanol–water partition coefficient (Wildman–Crippen LogP) is 1.40. The lowest BCUT2D eigenvalue weighted by molar-refractivity contribution is 0.212. The molecule has 0 bridgehead atoms. The van der Waals surface area contributed by atoms with Gasteiger partial charge in [0, 0.05) is 16.7 Å². The maximum absolute atomic E-state index is 4.60. The highest BCUT2D eigenvalue weighted by molar-refractivity contribution is 7.36. The Labute approximate surface area is 73.9 Å². The summed E-state index contributed by atoms with van der Waals surface area (Å²) in [5.74, 6) is 3.90. The van der Waals surface area contributed by atoms with Gasteiger partial charge in [-0.25, -0.2) is 0 Å². The van der Waals surface area contributed by atoms with E-state index >= 15 is 0 Å². The van der Waals surface area contributed by atoms with Crippen LogP contribution in [0.25, 0.3) is 0 Å². The Balaban J connectivity index is 0.000000120. The van der Waals surface area contributed by atoms with Gasteiger partial charge in [0.1, 0.15) is 12.5 Å². The summed E-state index contributed by atoms with van der Waals surface area (Å²) in [5.41, 5.74) is 0. The van der Waals surface area contributed by atoms with Gasteiger partial charge in [0.2, 0.25) is 0 Å². The van der Waals surface area contributed by atoms with Crippen molar-refractivity contribution < 1.29 is 9.68 Å². The van der Waals surface area contributed by atoms with Crippen LogP contribution in [0.3, 0.4) is 0 Å². The Hall–Kier alpha value is -0.660. The van der Waals surface area contributed by atoms with Gasteiger partial charge < -0.3 is 9.68 Å². The molecule has 2 aliphatic rings. The molecule has 4 nitrogen and oxygen atoms in total. The van der Waals surface area contributed by atoms with Crippen molar-refractivity contribution in [2.24, 2.45) is 0 Å². The van der Waals surface area contributed by atoms with Crippen LogP contribution in [0.2, 0.25) is 0 Å². The van der Waals surface area contributed by atoms with E-state index in [1.807, 2.05) is 23.7 Å². The third-order valence-corrected chi connectivity index (χ3v) is 1.89. The van der Waals surface area contributed by atoms with E-state index in [4.69, 9.17) is 0 Å². The number of hydrogen-bond donors (Lipinski definition) is 2. The lowest BCUT2D eigenvalue weighted by Crippen LogP contribution is -1.96. The molecule has 6 heteroatoms. The zero-order chi connectivity index (χ0) is 8.49. The lowest BCUT2D eigenvalue weighted by atomic mass is 10.7. The normalized spacial score (nSPS) is 20.0. The molecule has 0 fully saturated rings. The van der Waals surface area contributed by atoms with E-state index in [9.17, 15) is 0 Å². The number of nitrogens with one attached hydrogen (secondary N) is 2. The summed E-state index contributed by atoms with van der Waals surface area (Å²) in [5, 5.41) is 5.23. The van der Waals surface area contributed by atoms with E-state index in [-0.39, 0.29) is 0 Å². The number of allylic oxidation sites excluding steroid dienone is 2. The second-order valence-electron chi connectivity index (χ2n) is 1.63. The van der Waals surface area contributed by atoms with Crippen LogP contribution in [0.5, 0.6) is 0 Å². The highest BCUT2D eigenvalue weighted by Gasteiger charge is 1.75. The molecule has 0 saturated heterocycles. The van der Waals surface area contributed by atoms with Gasteiger partial charge in [-0.2, -0.15) is 0 Å². The van der Waals surface area contributed by atoms with Crippen molar-refractivity contribution in [2.45, 2.75) is 0 Å². The van der Waals surface area contributed by atoms with Crippen LogP contribution in [-0.4, -0.2) is 11.6 Å². The van der Waals surface area contributed by atoms with Crippen molar-refractivity contribution in [2.75, 3.05) is 0 Å². The molecule has 2 heterocycles. The summed E-state index contributed by atoms with van der Waals surface area (Å²) in [4.78, 5) is 9.19. The molecule has 0 aromatic carbocycles. The highest BCUT2D eigenvalue weighted by Crippen LogP contribution is 1.91. The van der Waals surface area contributed by atoms with E-state index in [1.165, 1.54) is 0 Å². The van der Waals surface area contributed by atoms with Gasteiger partial charge in [0.15, 0.2) is 0 Å². The molecular weight excluding hydrogens is 194 g/mol. The molecule has 0 radical (unpaired) electrons. The quantitative estimate of drug-likeness (QED) is 0.582. The summed E-state index contributed by atoms with van der Waals surface area (Å²) in [6.07, 6.45) is 6.88. The molecule has 0 aromatic rings. The maximum atomic E-state index is 4.60. The number of hydrogen-bond acceptors (Lipinski definition) is 4. The monoisotopic (exact) mass is 202 g/mol. The summed E-state index contributed by atoms with van der Waals surface area (Å²) < 4.78 is 0. The molecular formula is C6H8N2O2P2. The minimum atomic E-state index is 1.01. The van der Waals surface area contributed by atoms with Crippen molar-refractivity contribution >= 4 is 28.3 Å². The van der Waals surface area contributed by atoms with Crippen LogP contribution < -0.4 is 10.5 Å². The molecule has 0 amide bonds. The molecule has 64 valence electrons. The topological polar surface area (TPSA) is 42.5 Å². The molecule has 2 N–H and O–H groups in total. The minimum Gasteiger partial charge on any atom is -0.408 e. The zero-order valence-electron chi connectivity index (χ0n) is 6.18. The number of rotatable bonds is 0. The first-order valence-electron chi connectivity index (χ1n) is 3.18. The van der Waals surface area contributed by atoms with Crippen molar-refractivity contribution in [3.05, 3.63) is 24.7 Å². The van der Waals surface area contributed by atoms with Crippen LogP contribution >= 0.6 is 16.7 Å². The van der Waals surface area contributed by atoms with E-state index in [0.29, 0.717) is 0 Å². The fourth-order valence-corrected chi connectivity index (χ4v) is 1.10. The molecule has 0 spiro atoms. The van der Waals surface area contributed by atoms with Gasteiger partial charge in [-0.3, -0.25) is 0 Å². The SMILES string of the molecule is C1=CONP=C1.C1=CONP=C1. The van der Waals surface area contributed by atoms with Crippen LogP contribution in [0, 0.1) is 0 Å². The Bertz CT molecular complexity index is 178. The second kappa shape index (κ2) is 7.01. The first-order chi connectivity index (χ1) is 6.00. The Morgan fingerprint density at radius 1 is 0.833 bits per heavy atom. The van der Waals surface area contributed by atoms with E-state index in [1.54, 1.807) is 12.5 Å². The van der Waals surface area contributed by atoms with Gasteiger partial charge in [-0.15, -0.1) is 10.5 Å². The van der Waals surface area contributed by atoms with E-state index in [0.717, 1.165) is 16.7 Å². The zero-order valence-corrected chi connectivity index (χ0v) is 7.96. The minimum absolute atomic E-state index is 1.01. The highest BCUT2D eigenvalue weighted by atomic mass is 31.1. The van der Waals surface area contributed by atoms with Crippen molar-refractivity contribution in [3.63, 3.8) is 0 Å². The van der Waals surface area contributed by atoms with Gasteiger partial charge in [0.05, 0.1) is 0 Å². The molecule has 0 saturated carbocycles. The van der Waals surface area contributed by atoms with E-state index in [2.05, 4.69) is 20.2 Å². The van der Waals surface area contributed by atoms with Crippen LogP contribution in [0.15, 0.2) is 24.7 Å². The Morgan fingerprint density at radius 2 is 1.33 bits per heavy atom. The average molecular weight is 202 g/mol. The van der Waals surface area contributed by atoms with Crippen LogP contribution in [0.4, 0.5) is 0 Å². The van der Waals surface area contributed by atoms with Crippen LogP contribution in [0.1, 0.15) is 0 Å². The largest absolute Gasteiger partial charge is 0.408 e. The Morgan fingerprint density at radius 3 is 1.42 bits per heavy atom. The Kier molecular flexibility index (Phi) is 5.51. The molecule has 12 heavy (non-hydrogen) atoms. The molecule has 2 aliphatic heterocycles. The summed E-state index contributed by atoms with van der Waals surface area (Å²) >= 11 is 0. The molecule has 0 unspecified atom stereocenters. The van der Waals surface area contributed by atoms with Gasteiger partial charge >= 0.3 is 0 Å². The first-order valence-corrected chi connectivity index (χ1v) is 5.10. The average Bonchev–Trinajstić information content (AvgIpc) is 2.24. The lowest BCUT2D eigenvalue weighted by Gasteiger charge is -1.94. The summed E-state index contributed by atoms with van der Waals surface area (Å²) in [6, 6.07) is 0. The molecule has 2 rings (SSSR count). The van der Waals surface area contributed by atoms with Crippen LogP contribution in [-0.2, 0) is 9.68 Å². The fourth-order valence-electron chi connectivity index (χ4n) is 0.417. The van der Waals surface area contributed by atoms with Gasteiger partial charge in [-0.05, 0) is 23.7 Å². The second-order valence-corrected chi connectivity index (χ2v) is 3.11. The van der Waals surface area contributed by atoms with Crippen molar-refractivity contribution in [1.82, 2.24) is 10.5 Å². The predicted molar refractivity (Wildman–Crippen MR) is 52.7 cm³/mol. The fraction of sp³-hybridized carbons (Fsp3) is 0. The third-order valence-electron chi connectivity index (χ3n) is 0.825. The van der Waals surface area contributed by atoms with Crippen molar-refractivity contribution in [3.8, 4) is 0 Å². The summed E-state index contributed by atoms with van der Waals surface area (Å²) in [7, 11) is 2.03. The maximum Gasteiger partial charge on any atom is 0.112 e. The van der Waals surface area contributed by atoms with Crippen molar-refractivity contribution in [1.29, 1.82) is 0 Å². The molecule has 0 aromatic heterocycles. The first kappa shape index (κ1) is 9.43. The van der Waals surface area contributed by atoms with E-state index < -0.39 is 0 Å².